The lowest BCUT2D eigenvalue weighted by Crippen LogP contribution is -2.45. The molecule has 0 heterocycles. The first kappa shape index (κ1) is 66.8. The van der Waals surface area contributed by atoms with Crippen LogP contribution in [0.5, 0.6) is 0 Å². The van der Waals surface area contributed by atoms with Gasteiger partial charge in [0, 0.05) is 12.8 Å². The van der Waals surface area contributed by atoms with Gasteiger partial charge >= 0.3 is 5.97 Å². The predicted octanol–water partition coefficient (Wildman–Crippen LogP) is 19.0. The minimum atomic E-state index is -0.842. The highest BCUT2D eigenvalue weighted by Crippen LogP contribution is 2.16. The zero-order chi connectivity index (χ0) is 50.0. The molecule has 1 amide bonds. The maximum absolute atomic E-state index is 12.4. The summed E-state index contributed by atoms with van der Waals surface area (Å²) in [6.07, 6.45) is 74.5. The van der Waals surface area contributed by atoms with E-state index in [1.54, 1.807) is 6.08 Å². The van der Waals surface area contributed by atoms with Crippen LogP contribution in [-0.2, 0) is 14.3 Å². The van der Waals surface area contributed by atoms with E-state index in [1.165, 1.54) is 238 Å². The number of ether oxygens (including phenoxy) is 1. The van der Waals surface area contributed by atoms with Gasteiger partial charge in [0.2, 0.25) is 5.91 Å². The monoisotopic (exact) mass is 968 g/mol. The van der Waals surface area contributed by atoms with Gasteiger partial charge in [-0.05, 0) is 89.9 Å². The first-order valence-electron chi connectivity index (χ1n) is 30.4. The largest absolute Gasteiger partial charge is 0.466 e. The van der Waals surface area contributed by atoms with Gasteiger partial charge in [-0.3, -0.25) is 9.59 Å². The van der Waals surface area contributed by atoms with E-state index >= 15 is 0 Å². The molecule has 0 spiro atoms. The highest BCUT2D eigenvalue weighted by atomic mass is 16.5. The average molecular weight is 969 g/mol. The van der Waals surface area contributed by atoms with Crippen LogP contribution in [0.2, 0.25) is 0 Å². The van der Waals surface area contributed by atoms with Crippen LogP contribution in [0.15, 0.2) is 48.6 Å². The molecular weight excluding hydrogens is 851 g/mol. The van der Waals surface area contributed by atoms with Gasteiger partial charge in [-0.1, -0.05) is 262 Å². The van der Waals surface area contributed by atoms with Crippen molar-refractivity contribution in [2.24, 2.45) is 0 Å². The van der Waals surface area contributed by atoms with Crippen LogP contribution in [0, 0.1) is 0 Å². The number of hydrogen-bond acceptors (Lipinski definition) is 5. The van der Waals surface area contributed by atoms with Crippen molar-refractivity contribution in [3.05, 3.63) is 48.6 Å². The second kappa shape index (κ2) is 58.4. The highest BCUT2D eigenvalue weighted by Gasteiger charge is 2.18. The van der Waals surface area contributed by atoms with Crippen LogP contribution in [0.4, 0.5) is 0 Å². The summed E-state index contributed by atoms with van der Waals surface area (Å²) in [6, 6.07) is -0.626. The first-order chi connectivity index (χ1) is 34.0. The Morgan fingerprint density at radius 1 is 0.406 bits per heavy atom. The van der Waals surface area contributed by atoms with Crippen molar-refractivity contribution in [2.45, 2.75) is 328 Å². The fraction of sp³-hybridized carbons (Fsp3) is 0.841. The number of carbonyl (C=O) groups excluding carboxylic acids is 2. The van der Waals surface area contributed by atoms with Gasteiger partial charge in [0.05, 0.1) is 25.4 Å². The molecule has 69 heavy (non-hydrogen) atoms. The number of rotatable bonds is 56. The summed E-state index contributed by atoms with van der Waals surface area (Å²) in [7, 11) is 0. The topological polar surface area (TPSA) is 95.9 Å². The summed E-state index contributed by atoms with van der Waals surface area (Å²) in [6.45, 7) is 4.85. The molecule has 404 valence electrons. The minimum Gasteiger partial charge on any atom is -0.466 e. The van der Waals surface area contributed by atoms with Crippen molar-refractivity contribution in [2.75, 3.05) is 13.2 Å². The summed E-state index contributed by atoms with van der Waals surface area (Å²) in [5.74, 6) is -0.0700. The van der Waals surface area contributed by atoms with E-state index < -0.39 is 12.1 Å². The van der Waals surface area contributed by atoms with Crippen molar-refractivity contribution in [3.63, 3.8) is 0 Å². The summed E-state index contributed by atoms with van der Waals surface area (Å²) in [5, 5.41) is 22.9. The van der Waals surface area contributed by atoms with E-state index in [0.717, 1.165) is 51.4 Å². The molecule has 0 aliphatic rings. The van der Waals surface area contributed by atoms with Crippen LogP contribution in [0.1, 0.15) is 316 Å². The van der Waals surface area contributed by atoms with Crippen LogP contribution >= 0.6 is 0 Å². The predicted molar refractivity (Wildman–Crippen MR) is 301 cm³/mol. The average Bonchev–Trinajstić information content (AvgIpc) is 3.35. The fourth-order valence-corrected chi connectivity index (χ4v) is 9.13. The molecule has 2 unspecified atom stereocenters. The third-order valence-corrected chi connectivity index (χ3v) is 13.8. The van der Waals surface area contributed by atoms with Gasteiger partial charge in [-0.25, -0.2) is 0 Å². The van der Waals surface area contributed by atoms with E-state index in [9.17, 15) is 19.8 Å². The number of hydrogen-bond donors (Lipinski definition) is 3. The Hall–Kier alpha value is -2.18. The number of allylic oxidation sites excluding steroid dienone is 7. The standard InChI is InChI=1S/C63H117NO5/c1-3-5-7-9-11-13-14-15-30-34-37-41-45-49-53-57-63(68)69-58-54-50-46-42-38-35-32-29-27-25-23-21-19-17-16-18-20-22-24-26-28-31-33-36-40-44-48-52-56-62(67)64-60(59-65)61(66)55-51-47-43-39-12-10-8-6-4-2/h11,13,15-17,30,51,55,60-61,65-66H,3-10,12,14,18-29,31-50,52-54,56-59H2,1-2H3,(H,64,67)/b13-11-,17-16-,30-15-,55-51+. The summed E-state index contributed by atoms with van der Waals surface area (Å²) in [5.41, 5.74) is 0. The molecule has 0 saturated carbocycles. The lowest BCUT2D eigenvalue weighted by atomic mass is 10.0. The Morgan fingerprint density at radius 3 is 1.14 bits per heavy atom. The molecule has 0 saturated heterocycles. The highest BCUT2D eigenvalue weighted by molar-refractivity contribution is 5.76. The van der Waals surface area contributed by atoms with E-state index in [4.69, 9.17) is 4.74 Å². The van der Waals surface area contributed by atoms with Crippen molar-refractivity contribution < 1.29 is 24.5 Å². The summed E-state index contributed by atoms with van der Waals surface area (Å²) in [4.78, 5) is 24.4. The van der Waals surface area contributed by atoms with Gasteiger partial charge in [0.1, 0.15) is 0 Å². The van der Waals surface area contributed by atoms with Crippen LogP contribution in [0.25, 0.3) is 0 Å². The number of aliphatic hydroxyl groups excluding tert-OH is 2. The maximum atomic E-state index is 12.4. The number of amides is 1. The number of aliphatic hydroxyl groups is 2. The van der Waals surface area contributed by atoms with E-state index in [2.05, 4.69) is 55.6 Å². The Balaban J connectivity index is 3.37. The molecule has 3 N–H and O–H groups in total. The van der Waals surface area contributed by atoms with E-state index in [1.807, 2.05) is 6.08 Å². The van der Waals surface area contributed by atoms with Gasteiger partial charge in [0.25, 0.3) is 0 Å². The molecule has 0 aromatic rings. The van der Waals surface area contributed by atoms with Crippen molar-refractivity contribution >= 4 is 11.9 Å². The molecule has 0 radical (unpaired) electrons. The molecule has 0 aromatic carbocycles. The second-order valence-corrected chi connectivity index (χ2v) is 20.7. The second-order valence-electron chi connectivity index (χ2n) is 20.7. The lowest BCUT2D eigenvalue weighted by molar-refractivity contribution is -0.143. The van der Waals surface area contributed by atoms with E-state index in [-0.39, 0.29) is 18.5 Å². The summed E-state index contributed by atoms with van der Waals surface area (Å²) >= 11 is 0. The third-order valence-electron chi connectivity index (χ3n) is 13.8. The van der Waals surface area contributed by atoms with Crippen LogP contribution < -0.4 is 5.32 Å². The molecule has 0 aromatic heterocycles. The Bertz CT molecular complexity index is 1160. The minimum absolute atomic E-state index is 0.000869. The van der Waals surface area contributed by atoms with Crippen molar-refractivity contribution in [1.29, 1.82) is 0 Å². The number of esters is 1. The zero-order valence-electron chi connectivity index (χ0n) is 46.0. The summed E-state index contributed by atoms with van der Waals surface area (Å²) < 4.78 is 5.48. The molecule has 2 atom stereocenters. The van der Waals surface area contributed by atoms with Crippen molar-refractivity contribution in [1.82, 2.24) is 5.32 Å². The normalized spacial score (nSPS) is 12.9. The quantitative estimate of drug-likeness (QED) is 0.0321. The van der Waals surface area contributed by atoms with Crippen LogP contribution in [0.3, 0.4) is 0 Å². The van der Waals surface area contributed by atoms with Crippen LogP contribution in [-0.4, -0.2) is 47.4 Å². The third kappa shape index (κ3) is 55.0. The van der Waals surface area contributed by atoms with E-state index in [0.29, 0.717) is 19.4 Å². The molecule has 0 rings (SSSR count). The fourth-order valence-electron chi connectivity index (χ4n) is 9.13. The van der Waals surface area contributed by atoms with Gasteiger partial charge in [-0.2, -0.15) is 0 Å². The molecule has 0 aliphatic heterocycles. The van der Waals surface area contributed by atoms with Gasteiger partial charge < -0.3 is 20.3 Å². The molecule has 0 fully saturated rings. The van der Waals surface area contributed by atoms with Crippen molar-refractivity contribution in [3.8, 4) is 0 Å². The lowest BCUT2D eigenvalue weighted by Gasteiger charge is -2.20. The zero-order valence-corrected chi connectivity index (χ0v) is 46.0. The Morgan fingerprint density at radius 2 is 0.725 bits per heavy atom. The smallest absolute Gasteiger partial charge is 0.305 e. The molecule has 6 nitrogen and oxygen atoms in total. The molecule has 0 aliphatic carbocycles. The first-order valence-corrected chi connectivity index (χ1v) is 30.4. The SMILES string of the molecule is CCCCC/C=C\C/C=C\CCCCCCCC(=O)OCCCCCCCCCCCCCC/C=C\CCCCCCCCCCCCCCC(=O)NC(CO)C(O)/C=C/CCCCCCCCC. The Labute approximate surface area is 429 Å². The molecule has 0 bridgehead atoms. The molecule has 6 heteroatoms. The molecular formula is C63H117NO5. The Kier molecular flexibility index (Phi) is 56.5. The number of unbranched alkanes of at least 4 members (excludes halogenated alkanes) is 39. The number of carbonyl (C=O) groups is 2. The maximum Gasteiger partial charge on any atom is 0.305 e. The number of nitrogens with one attached hydrogen (secondary N) is 1. The van der Waals surface area contributed by atoms with Gasteiger partial charge in [0.15, 0.2) is 0 Å². The van der Waals surface area contributed by atoms with Gasteiger partial charge in [-0.15, -0.1) is 0 Å².